The summed E-state index contributed by atoms with van der Waals surface area (Å²) < 4.78 is 0. The van der Waals surface area contributed by atoms with Gasteiger partial charge in [-0.05, 0) is 43.7 Å². The van der Waals surface area contributed by atoms with Crippen LogP contribution in [0, 0.1) is 0 Å². The Kier molecular flexibility index (Phi) is 3.39. The van der Waals surface area contributed by atoms with Gasteiger partial charge < -0.3 is 5.32 Å². The maximum absolute atomic E-state index is 2.50. The van der Waals surface area contributed by atoms with Gasteiger partial charge in [0.2, 0.25) is 0 Å². The van der Waals surface area contributed by atoms with Crippen LogP contribution in [0.2, 0.25) is 0 Å². The van der Waals surface area contributed by atoms with Gasteiger partial charge in [-0.15, -0.1) is 0 Å². The van der Waals surface area contributed by atoms with Crippen LogP contribution in [0.15, 0.2) is 48.0 Å². The predicted molar refractivity (Wildman–Crippen MR) is 86.3 cm³/mol. The summed E-state index contributed by atoms with van der Waals surface area (Å²) in [6, 6.07) is 13.4. The van der Waals surface area contributed by atoms with Gasteiger partial charge in [-0.1, -0.05) is 48.9 Å². The molecule has 3 rings (SSSR count). The van der Waals surface area contributed by atoms with Crippen molar-refractivity contribution < 1.29 is 5.32 Å². The van der Waals surface area contributed by atoms with Gasteiger partial charge >= 0.3 is 0 Å². The lowest BCUT2D eigenvalue weighted by atomic mass is 9.83. The molecule has 104 valence electrons. The minimum Gasteiger partial charge on any atom is -0.308 e. The molecule has 1 aliphatic rings. The van der Waals surface area contributed by atoms with E-state index >= 15 is 0 Å². The molecule has 2 aromatic rings. The van der Waals surface area contributed by atoms with Crippen LogP contribution in [0.25, 0.3) is 10.8 Å². The molecule has 1 heteroatoms. The topological polar surface area (TPSA) is 16.6 Å². The number of allylic oxidation sites excluding steroid dienone is 1. The highest BCUT2D eigenvalue weighted by atomic mass is 15.0. The van der Waals surface area contributed by atoms with Crippen LogP contribution in [0.4, 0.5) is 5.69 Å². The summed E-state index contributed by atoms with van der Waals surface area (Å²) >= 11 is 0. The van der Waals surface area contributed by atoms with E-state index in [0.29, 0.717) is 0 Å². The van der Waals surface area contributed by atoms with Crippen LogP contribution in [-0.4, -0.2) is 5.54 Å². The molecule has 2 aromatic carbocycles. The van der Waals surface area contributed by atoms with Crippen LogP contribution >= 0.6 is 0 Å². The highest BCUT2D eigenvalue weighted by Crippen LogP contribution is 2.31. The SMILES string of the molecule is C/C=C1/Cc2cccc3cccc(c23)[NH2+]C(C)(CC)C1. The van der Waals surface area contributed by atoms with Crippen molar-refractivity contribution in [2.45, 2.75) is 45.6 Å². The summed E-state index contributed by atoms with van der Waals surface area (Å²) in [5.41, 5.74) is 4.72. The van der Waals surface area contributed by atoms with E-state index in [0.717, 1.165) is 6.42 Å². The summed E-state index contributed by atoms with van der Waals surface area (Å²) in [5, 5.41) is 5.32. The van der Waals surface area contributed by atoms with E-state index in [1.807, 2.05) is 0 Å². The van der Waals surface area contributed by atoms with E-state index in [2.05, 4.69) is 68.6 Å². The Bertz CT molecular complexity index is 663. The summed E-state index contributed by atoms with van der Waals surface area (Å²) in [6.45, 7) is 6.87. The summed E-state index contributed by atoms with van der Waals surface area (Å²) in [4.78, 5) is 0. The van der Waals surface area contributed by atoms with Crippen LogP contribution < -0.4 is 5.32 Å². The third kappa shape index (κ3) is 2.27. The Balaban J connectivity index is 2.26. The summed E-state index contributed by atoms with van der Waals surface area (Å²) in [6.07, 6.45) is 5.76. The molecule has 1 heterocycles. The molecule has 1 atom stereocenters. The first-order chi connectivity index (χ1) is 9.65. The van der Waals surface area contributed by atoms with Crippen molar-refractivity contribution in [3.8, 4) is 0 Å². The minimum absolute atomic E-state index is 0.268. The lowest BCUT2D eigenvalue weighted by Gasteiger charge is -2.30. The molecule has 0 radical (unpaired) electrons. The van der Waals surface area contributed by atoms with Gasteiger partial charge in [-0.2, -0.15) is 0 Å². The fourth-order valence-electron chi connectivity index (χ4n) is 3.40. The standard InChI is InChI=1S/C19H23N/c1-4-14-12-16-10-6-8-15-9-7-11-17(18(15)16)20-19(3,5-2)13-14/h4,6-11,20H,5,12-13H2,1-3H3/p+1/b14-4-. The number of benzene rings is 2. The van der Waals surface area contributed by atoms with Gasteiger partial charge in [0.25, 0.3) is 0 Å². The molecule has 1 unspecified atom stereocenters. The zero-order valence-electron chi connectivity index (χ0n) is 12.7. The number of rotatable bonds is 1. The molecule has 0 saturated carbocycles. The van der Waals surface area contributed by atoms with E-state index in [4.69, 9.17) is 0 Å². The Morgan fingerprint density at radius 2 is 1.95 bits per heavy atom. The molecule has 0 bridgehead atoms. The fraction of sp³-hybridized carbons (Fsp3) is 0.368. The van der Waals surface area contributed by atoms with Crippen molar-refractivity contribution in [3.05, 3.63) is 53.6 Å². The van der Waals surface area contributed by atoms with E-state index in [1.54, 1.807) is 5.57 Å². The summed E-state index contributed by atoms with van der Waals surface area (Å²) in [5.74, 6) is 0. The maximum Gasteiger partial charge on any atom is 0.138 e. The maximum atomic E-state index is 2.50. The molecule has 0 saturated heterocycles. The first-order valence-electron chi connectivity index (χ1n) is 7.66. The average Bonchev–Trinajstić information content (AvgIpc) is 2.45. The second-order valence-electron chi connectivity index (χ2n) is 6.31. The van der Waals surface area contributed by atoms with Crippen molar-refractivity contribution >= 4 is 16.5 Å². The number of nitrogens with two attached hydrogens (primary N) is 1. The average molecular weight is 266 g/mol. The lowest BCUT2D eigenvalue weighted by molar-refractivity contribution is -0.650. The highest BCUT2D eigenvalue weighted by Gasteiger charge is 2.30. The van der Waals surface area contributed by atoms with E-state index in [-0.39, 0.29) is 5.54 Å². The normalized spacial score (nSPS) is 24.6. The quantitative estimate of drug-likeness (QED) is 0.591. The number of quaternary nitrogens is 1. The van der Waals surface area contributed by atoms with Gasteiger partial charge in [-0.25, -0.2) is 0 Å². The second-order valence-corrected chi connectivity index (χ2v) is 6.31. The van der Waals surface area contributed by atoms with Crippen LogP contribution in [0.5, 0.6) is 0 Å². The Morgan fingerprint density at radius 1 is 1.20 bits per heavy atom. The molecule has 0 aliphatic carbocycles. The van der Waals surface area contributed by atoms with E-state index in [9.17, 15) is 0 Å². The van der Waals surface area contributed by atoms with Crippen LogP contribution in [-0.2, 0) is 6.42 Å². The third-order valence-electron chi connectivity index (χ3n) is 4.79. The minimum atomic E-state index is 0.268. The monoisotopic (exact) mass is 266 g/mol. The lowest BCUT2D eigenvalue weighted by Crippen LogP contribution is -2.91. The molecule has 1 aliphatic heterocycles. The Morgan fingerprint density at radius 3 is 2.65 bits per heavy atom. The molecule has 0 fully saturated rings. The zero-order valence-corrected chi connectivity index (χ0v) is 12.7. The Labute approximate surface area is 121 Å². The van der Waals surface area contributed by atoms with E-state index in [1.165, 1.54) is 34.9 Å². The second kappa shape index (κ2) is 5.06. The van der Waals surface area contributed by atoms with Gasteiger partial charge in [0.05, 0.1) is 0 Å². The molecular weight excluding hydrogens is 242 g/mol. The third-order valence-corrected chi connectivity index (χ3v) is 4.79. The predicted octanol–water partition coefficient (Wildman–Crippen LogP) is 4.10. The molecule has 0 aromatic heterocycles. The molecule has 0 spiro atoms. The Hall–Kier alpha value is -1.60. The number of hydrogen-bond acceptors (Lipinski definition) is 0. The zero-order chi connectivity index (χ0) is 14.2. The molecule has 20 heavy (non-hydrogen) atoms. The van der Waals surface area contributed by atoms with Crippen molar-refractivity contribution in [2.75, 3.05) is 0 Å². The highest BCUT2D eigenvalue weighted by molar-refractivity contribution is 5.93. The fourth-order valence-corrected chi connectivity index (χ4v) is 3.40. The van der Waals surface area contributed by atoms with Crippen molar-refractivity contribution in [2.24, 2.45) is 0 Å². The van der Waals surface area contributed by atoms with Crippen molar-refractivity contribution in [3.63, 3.8) is 0 Å². The smallest absolute Gasteiger partial charge is 0.138 e. The largest absolute Gasteiger partial charge is 0.308 e. The summed E-state index contributed by atoms with van der Waals surface area (Å²) in [7, 11) is 0. The van der Waals surface area contributed by atoms with E-state index < -0.39 is 0 Å². The van der Waals surface area contributed by atoms with Gasteiger partial charge in [0, 0.05) is 11.8 Å². The van der Waals surface area contributed by atoms with Crippen molar-refractivity contribution in [1.82, 2.24) is 0 Å². The molecule has 1 nitrogen and oxygen atoms in total. The molecular formula is C19H24N+. The molecule has 0 amide bonds. The van der Waals surface area contributed by atoms with Crippen molar-refractivity contribution in [1.29, 1.82) is 0 Å². The first-order valence-corrected chi connectivity index (χ1v) is 7.66. The van der Waals surface area contributed by atoms with Crippen LogP contribution in [0.3, 0.4) is 0 Å². The van der Waals surface area contributed by atoms with Gasteiger partial charge in [0.15, 0.2) is 0 Å². The molecule has 2 N–H and O–H groups in total. The first kappa shape index (κ1) is 13.4. The number of hydrogen-bond donors (Lipinski definition) is 1. The van der Waals surface area contributed by atoms with Gasteiger partial charge in [-0.3, -0.25) is 0 Å². The van der Waals surface area contributed by atoms with Crippen LogP contribution in [0.1, 0.15) is 39.2 Å². The van der Waals surface area contributed by atoms with Gasteiger partial charge in [0.1, 0.15) is 11.2 Å².